The Hall–Kier alpha value is -1.42. The molecule has 1 aliphatic rings. The summed E-state index contributed by atoms with van der Waals surface area (Å²) in [7, 11) is 0. The Labute approximate surface area is 102 Å². The molecule has 0 saturated carbocycles. The molecule has 3 N–H and O–H groups in total. The van der Waals surface area contributed by atoms with Crippen molar-refractivity contribution >= 4 is 11.6 Å². The first-order valence-corrected chi connectivity index (χ1v) is 6.17. The van der Waals surface area contributed by atoms with Crippen LogP contribution >= 0.6 is 0 Å². The third-order valence-corrected chi connectivity index (χ3v) is 3.31. The molecular formula is C13H19N3O. The predicted octanol–water partition coefficient (Wildman–Crippen LogP) is 1.17. The first-order chi connectivity index (χ1) is 8.25. The van der Waals surface area contributed by atoms with Crippen molar-refractivity contribution in [3.05, 3.63) is 23.9 Å². The number of nitrogens with zero attached hydrogens (tertiary/aromatic N) is 1. The Morgan fingerprint density at radius 3 is 3.18 bits per heavy atom. The van der Waals surface area contributed by atoms with Crippen LogP contribution in [0.25, 0.3) is 0 Å². The monoisotopic (exact) mass is 233 g/mol. The molecule has 0 bridgehead atoms. The minimum absolute atomic E-state index is 0.261. The van der Waals surface area contributed by atoms with Gasteiger partial charge in [0.15, 0.2) is 0 Å². The standard InChI is InChI=1S/C13H19N3O/c14-13-11(2-1-6-16-13)8-12(17)4-3-10-5-7-15-9-10/h1-2,6,10,15H,3-5,7-9H2,(H2,14,16). The smallest absolute Gasteiger partial charge is 0.137 e. The molecule has 1 fully saturated rings. The average molecular weight is 233 g/mol. The molecule has 1 unspecified atom stereocenters. The molecule has 0 aromatic carbocycles. The van der Waals surface area contributed by atoms with Gasteiger partial charge in [0.25, 0.3) is 0 Å². The lowest BCUT2D eigenvalue weighted by Gasteiger charge is -2.07. The van der Waals surface area contributed by atoms with Gasteiger partial charge in [0.05, 0.1) is 0 Å². The second-order valence-electron chi connectivity index (χ2n) is 4.66. The highest BCUT2D eigenvalue weighted by Gasteiger charge is 2.16. The lowest BCUT2D eigenvalue weighted by molar-refractivity contribution is -0.118. The van der Waals surface area contributed by atoms with Crippen LogP contribution in [0, 0.1) is 5.92 Å². The number of anilines is 1. The average Bonchev–Trinajstić information content (AvgIpc) is 2.82. The maximum absolute atomic E-state index is 11.8. The van der Waals surface area contributed by atoms with E-state index in [-0.39, 0.29) is 5.78 Å². The van der Waals surface area contributed by atoms with Gasteiger partial charge in [-0.2, -0.15) is 0 Å². The van der Waals surface area contributed by atoms with Gasteiger partial charge >= 0.3 is 0 Å². The summed E-state index contributed by atoms with van der Waals surface area (Å²) in [6.45, 7) is 2.15. The fourth-order valence-corrected chi connectivity index (χ4v) is 2.23. The maximum Gasteiger partial charge on any atom is 0.137 e. The molecule has 1 aromatic rings. The van der Waals surface area contributed by atoms with Crippen LogP contribution in [-0.2, 0) is 11.2 Å². The van der Waals surface area contributed by atoms with E-state index in [4.69, 9.17) is 5.73 Å². The van der Waals surface area contributed by atoms with Gasteiger partial charge in [-0.1, -0.05) is 6.07 Å². The largest absolute Gasteiger partial charge is 0.383 e. The van der Waals surface area contributed by atoms with Crippen molar-refractivity contribution in [2.24, 2.45) is 5.92 Å². The van der Waals surface area contributed by atoms with Crippen LogP contribution in [0.2, 0.25) is 0 Å². The van der Waals surface area contributed by atoms with E-state index in [1.165, 1.54) is 6.42 Å². The molecule has 1 saturated heterocycles. The molecule has 0 radical (unpaired) electrons. The van der Waals surface area contributed by atoms with E-state index in [2.05, 4.69) is 10.3 Å². The summed E-state index contributed by atoms with van der Waals surface area (Å²) < 4.78 is 0. The summed E-state index contributed by atoms with van der Waals surface area (Å²) in [6, 6.07) is 3.69. The van der Waals surface area contributed by atoms with Crippen molar-refractivity contribution < 1.29 is 4.79 Å². The molecule has 92 valence electrons. The van der Waals surface area contributed by atoms with Crippen molar-refractivity contribution in [2.75, 3.05) is 18.8 Å². The number of carbonyl (C=O) groups excluding carboxylic acids is 1. The molecule has 0 spiro atoms. The zero-order valence-electron chi connectivity index (χ0n) is 9.98. The SMILES string of the molecule is Nc1ncccc1CC(=O)CCC1CCNC1. The van der Waals surface area contributed by atoms with E-state index in [1.807, 2.05) is 12.1 Å². The van der Waals surface area contributed by atoms with Gasteiger partial charge in [-0.3, -0.25) is 4.79 Å². The summed E-state index contributed by atoms with van der Waals surface area (Å²) in [5.74, 6) is 1.41. The molecule has 1 atom stereocenters. The van der Waals surface area contributed by atoms with E-state index in [9.17, 15) is 4.79 Å². The van der Waals surface area contributed by atoms with Crippen molar-refractivity contribution in [1.82, 2.24) is 10.3 Å². The van der Waals surface area contributed by atoms with Gasteiger partial charge in [0.2, 0.25) is 0 Å². The lowest BCUT2D eigenvalue weighted by atomic mass is 9.98. The summed E-state index contributed by atoms with van der Waals surface area (Å²) in [5.41, 5.74) is 6.56. The second-order valence-corrected chi connectivity index (χ2v) is 4.66. The van der Waals surface area contributed by atoms with Crippen LogP contribution in [0.3, 0.4) is 0 Å². The van der Waals surface area contributed by atoms with Crippen molar-refractivity contribution in [3.8, 4) is 0 Å². The van der Waals surface area contributed by atoms with Gasteiger partial charge in [0, 0.05) is 24.6 Å². The van der Waals surface area contributed by atoms with Crippen LogP contribution in [0.1, 0.15) is 24.8 Å². The van der Waals surface area contributed by atoms with Crippen LogP contribution in [0.4, 0.5) is 5.82 Å². The van der Waals surface area contributed by atoms with E-state index in [1.54, 1.807) is 6.20 Å². The minimum Gasteiger partial charge on any atom is -0.383 e. The van der Waals surface area contributed by atoms with Crippen LogP contribution in [-0.4, -0.2) is 23.9 Å². The molecule has 2 heterocycles. The predicted molar refractivity (Wildman–Crippen MR) is 67.6 cm³/mol. The highest BCUT2D eigenvalue weighted by atomic mass is 16.1. The maximum atomic E-state index is 11.8. The number of hydrogen-bond donors (Lipinski definition) is 2. The lowest BCUT2D eigenvalue weighted by Crippen LogP contribution is -2.11. The number of hydrogen-bond acceptors (Lipinski definition) is 4. The zero-order valence-corrected chi connectivity index (χ0v) is 9.98. The summed E-state index contributed by atoms with van der Waals surface area (Å²) in [6.07, 6.45) is 4.91. The fraction of sp³-hybridized carbons (Fsp3) is 0.538. The molecule has 1 aliphatic heterocycles. The quantitative estimate of drug-likeness (QED) is 0.801. The van der Waals surface area contributed by atoms with E-state index >= 15 is 0 Å². The molecule has 0 aliphatic carbocycles. The number of carbonyl (C=O) groups is 1. The van der Waals surface area contributed by atoms with Gasteiger partial charge in [-0.15, -0.1) is 0 Å². The molecular weight excluding hydrogens is 214 g/mol. The molecule has 4 nitrogen and oxygen atoms in total. The molecule has 0 amide bonds. The van der Waals surface area contributed by atoms with E-state index in [0.29, 0.717) is 24.6 Å². The molecule has 1 aromatic heterocycles. The van der Waals surface area contributed by atoms with Crippen LogP contribution < -0.4 is 11.1 Å². The molecule has 4 heteroatoms. The highest BCUT2D eigenvalue weighted by Crippen LogP contribution is 2.16. The topological polar surface area (TPSA) is 68.0 Å². The van der Waals surface area contributed by atoms with Crippen molar-refractivity contribution in [2.45, 2.75) is 25.7 Å². The summed E-state index contributed by atoms with van der Waals surface area (Å²) in [5, 5.41) is 3.31. The first kappa shape index (κ1) is 12.0. The number of nitrogen functional groups attached to an aromatic ring is 1. The summed E-state index contributed by atoms with van der Waals surface area (Å²) in [4.78, 5) is 15.8. The Morgan fingerprint density at radius 2 is 2.47 bits per heavy atom. The number of Topliss-reactive ketones (excluding diaryl/α,β-unsaturated/α-hetero) is 1. The number of rotatable bonds is 5. The molecule has 2 rings (SSSR count). The Bertz CT molecular complexity index is 386. The normalized spacial score (nSPS) is 19.4. The van der Waals surface area contributed by atoms with Gasteiger partial charge in [-0.25, -0.2) is 4.98 Å². The molecule has 17 heavy (non-hydrogen) atoms. The van der Waals surface area contributed by atoms with Gasteiger partial charge in [-0.05, 0) is 37.9 Å². The zero-order chi connectivity index (χ0) is 12.1. The minimum atomic E-state index is 0.261. The number of nitrogens with one attached hydrogen (secondary N) is 1. The third-order valence-electron chi connectivity index (χ3n) is 3.31. The van der Waals surface area contributed by atoms with Crippen molar-refractivity contribution in [1.29, 1.82) is 0 Å². The second kappa shape index (κ2) is 5.77. The van der Waals surface area contributed by atoms with Gasteiger partial charge in [0.1, 0.15) is 11.6 Å². The number of nitrogens with two attached hydrogens (primary N) is 1. The number of aromatic nitrogens is 1. The Morgan fingerprint density at radius 1 is 1.59 bits per heavy atom. The highest BCUT2D eigenvalue weighted by molar-refractivity contribution is 5.81. The number of ketones is 1. The van der Waals surface area contributed by atoms with Crippen LogP contribution in [0.5, 0.6) is 0 Å². The van der Waals surface area contributed by atoms with Gasteiger partial charge < -0.3 is 11.1 Å². The Kier molecular flexibility index (Phi) is 4.09. The third kappa shape index (κ3) is 3.53. The van der Waals surface area contributed by atoms with Crippen LogP contribution in [0.15, 0.2) is 18.3 Å². The summed E-state index contributed by atoms with van der Waals surface area (Å²) >= 11 is 0. The number of pyridine rings is 1. The fourth-order valence-electron chi connectivity index (χ4n) is 2.23. The van der Waals surface area contributed by atoms with E-state index in [0.717, 1.165) is 25.1 Å². The first-order valence-electron chi connectivity index (χ1n) is 6.17. The van der Waals surface area contributed by atoms with E-state index < -0.39 is 0 Å². The Balaban J connectivity index is 1.79. The van der Waals surface area contributed by atoms with Crippen molar-refractivity contribution in [3.63, 3.8) is 0 Å².